The van der Waals surface area contributed by atoms with Crippen molar-refractivity contribution in [2.24, 2.45) is 0 Å². The second kappa shape index (κ2) is 6.02. The maximum Gasteiger partial charge on any atom is 0.257 e. The fraction of sp³-hybridized carbons (Fsp3) is 0.615. The van der Waals surface area contributed by atoms with Crippen molar-refractivity contribution in [2.75, 3.05) is 32.8 Å². The lowest BCUT2D eigenvalue weighted by atomic mass is 10.1. The summed E-state index contributed by atoms with van der Waals surface area (Å²) >= 11 is 0. The van der Waals surface area contributed by atoms with Crippen molar-refractivity contribution in [1.82, 2.24) is 9.80 Å². The van der Waals surface area contributed by atoms with Gasteiger partial charge in [-0.05, 0) is 12.5 Å². The minimum Gasteiger partial charge on any atom is -0.472 e. The van der Waals surface area contributed by atoms with E-state index in [1.54, 1.807) is 6.07 Å². The van der Waals surface area contributed by atoms with Gasteiger partial charge >= 0.3 is 0 Å². The van der Waals surface area contributed by atoms with Crippen LogP contribution in [-0.4, -0.2) is 59.6 Å². The molecule has 5 nitrogen and oxygen atoms in total. The molecule has 0 aliphatic carbocycles. The van der Waals surface area contributed by atoms with Crippen molar-refractivity contribution in [3.05, 3.63) is 24.2 Å². The standard InChI is InChI=1S/C13H20N2O3/c1-2-12(9-16)14-4-6-15(7-5-14)13(17)11-3-8-18-10-11/h3,8,10,12,16H,2,4-7,9H2,1H3. The maximum absolute atomic E-state index is 12.1. The molecule has 1 saturated heterocycles. The first-order chi connectivity index (χ1) is 8.76. The van der Waals surface area contributed by atoms with Crippen molar-refractivity contribution >= 4 is 5.91 Å². The Hall–Kier alpha value is -1.33. The van der Waals surface area contributed by atoms with E-state index in [0.29, 0.717) is 18.7 Å². The summed E-state index contributed by atoms with van der Waals surface area (Å²) < 4.78 is 4.93. The van der Waals surface area contributed by atoms with E-state index in [1.807, 2.05) is 4.90 Å². The molecular formula is C13H20N2O3. The summed E-state index contributed by atoms with van der Waals surface area (Å²) in [5.74, 6) is 0.0282. The van der Waals surface area contributed by atoms with Gasteiger partial charge in [0.15, 0.2) is 0 Å². The van der Waals surface area contributed by atoms with Crippen LogP contribution in [-0.2, 0) is 0 Å². The van der Waals surface area contributed by atoms with Gasteiger partial charge in [0.2, 0.25) is 0 Å². The van der Waals surface area contributed by atoms with Gasteiger partial charge in [0.1, 0.15) is 6.26 Å². The van der Waals surface area contributed by atoms with Crippen LogP contribution in [0.25, 0.3) is 0 Å². The summed E-state index contributed by atoms with van der Waals surface area (Å²) in [6.45, 7) is 5.32. The molecule has 18 heavy (non-hydrogen) atoms. The van der Waals surface area contributed by atoms with Crippen molar-refractivity contribution < 1.29 is 14.3 Å². The highest BCUT2D eigenvalue weighted by Crippen LogP contribution is 2.12. The van der Waals surface area contributed by atoms with Crippen molar-refractivity contribution in [2.45, 2.75) is 19.4 Å². The zero-order valence-electron chi connectivity index (χ0n) is 10.7. The Balaban J connectivity index is 1.89. The highest BCUT2D eigenvalue weighted by molar-refractivity contribution is 5.93. The van der Waals surface area contributed by atoms with Gasteiger partial charge in [0.05, 0.1) is 18.4 Å². The normalized spacial score (nSPS) is 18.9. The van der Waals surface area contributed by atoms with Crippen LogP contribution in [0, 0.1) is 0 Å². The molecule has 0 radical (unpaired) electrons. The van der Waals surface area contributed by atoms with E-state index >= 15 is 0 Å². The third-order valence-electron chi connectivity index (χ3n) is 3.57. The Morgan fingerprint density at radius 3 is 2.67 bits per heavy atom. The Labute approximate surface area is 107 Å². The predicted octanol–water partition coefficient (Wildman–Crippen LogP) is 0.808. The molecule has 1 aromatic rings. The molecule has 5 heteroatoms. The van der Waals surface area contributed by atoms with Gasteiger partial charge in [-0.15, -0.1) is 0 Å². The van der Waals surface area contributed by atoms with E-state index in [2.05, 4.69) is 11.8 Å². The molecular weight excluding hydrogens is 232 g/mol. The Morgan fingerprint density at radius 2 is 2.17 bits per heavy atom. The lowest BCUT2D eigenvalue weighted by Crippen LogP contribution is -2.52. The third kappa shape index (κ3) is 2.73. The molecule has 1 N–H and O–H groups in total. The molecule has 1 fully saturated rings. The van der Waals surface area contributed by atoms with Crippen molar-refractivity contribution in [3.8, 4) is 0 Å². The number of nitrogens with zero attached hydrogens (tertiary/aromatic N) is 2. The molecule has 2 heterocycles. The van der Waals surface area contributed by atoms with Crippen molar-refractivity contribution in [1.29, 1.82) is 0 Å². The monoisotopic (exact) mass is 252 g/mol. The number of aliphatic hydroxyl groups excluding tert-OH is 1. The minimum atomic E-state index is 0.0282. The molecule has 1 atom stereocenters. The summed E-state index contributed by atoms with van der Waals surface area (Å²) in [6, 6.07) is 1.91. The molecule has 2 rings (SSSR count). The Kier molecular flexibility index (Phi) is 4.38. The first-order valence-corrected chi connectivity index (χ1v) is 6.42. The van der Waals surface area contributed by atoms with Gasteiger partial charge < -0.3 is 14.4 Å². The first-order valence-electron chi connectivity index (χ1n) is 6.42. The van der Waals surface area contributed by atoms with Crippen LogP contribution < -0.4 is 0 Å². The summed E-state index contributed by atoms with van der Waals surface area (Å²) in [5, 5.41) is 9.27. The number of furan rings is 1. The molecule has 100 valence electrons. The maximum atomic E-state index is 12.1. The smallest absolute Gasteiger partial charge is 0.257 e. The van der Waals surface area contributed by atoms with E-state index in [4.69, 9.17) is 4.42 Å². The fourth-order valence-corrected chi connectivity index (χ4v) is 2.36. The number of aliphatic hydroxyl groups is 1. The average molecular weight is 252 g/mol. The van der Waals surface area contributed by atoms with E-state index in [-0.39, 0.29) is 18.6 Å². The largest absolute Gasteiger partial charge is 0.472 e. The second-order valence-electron chi connectivity index (χ2n) is 4.58. The average Bonchev–Trinajstić information content (AvgIpc) is 2.94. The van der Waals surface area contributed by atoms with Crippen LogP contribution in [0.1, 0.15) is 23.7 Å². The number of carbonyl (C=O) groups is 1. The third-order valence-corrected chi connectivity index (χ3v) is 3.57. The van der Waals surface area contributed by atoms with Gasteiger partial charge in [-0.1, -0.05) is 6.92 Å². The molecule has 0 bridgehead atoms. The Bertz CT molecular complexity index is 366. The van der Waals surface area contributed by atoms with Gasteiger partial charge in [0, 0.05) is 32.2 Å². The lowest BCUT2D eigenvalue weighted by molar-refractivity contribution is 0.0472. The van der Waals surface area contributed by atoms with E-state index < -0.39 is 0 Å². The Morgan fingerprint density at radius 1 is 1.44 bits per heavy atom. The van der Waals surface area contributed by atoms with Crippen LogP contribution in [0.5, 0.6) is 0 Å². The quantitative estimate of drug-likeness (QED) is 0.861. The second-order valence-corrected chi connectivity index (χ2v) is 4.58. The highest BCUT2D eigenvalue weighted by atomic mass is 16.3. The van der Waals surface area contributed by atoms with E-state index in [0.717, 1.165) is 19.5 Å². The molecule has 0 saturated carbocycles. The van der Waals surface area contributed by atoms with Crippen LogP contribution >= 0.6 is 0 Å². The first kappa shape index (κ1) is 13.1. The van der Waals surface area contributed by atoms with Crippen LogP contribution in [0.15, 0.2) is 23.0 Å². The molecule has 1 aliphatic heterocycles. The highest BCUT2D eigenvalue weighted by Gasteiger charge is 2.25. The zero-order valence-corrected chi connectivity index (χ0v) is 10.7. The molecule has 0 spiro atoms. The lowest BCUT2D eigenvalue weighted by Gasteiger charge is -2.38. The number of rotatable bonds is 4. The van der Waals surface area contributed by atoms with Crippen LogP contribution in [0.2, 0.25) is 0 Å². The molecule has 1 amide bonds. The number of carbonyl (C=O) groups excluding carboxylic acids is 1. The fourth-order valence-electron chi connectivity index (χ4n) is 2.36. The SMILES string of the molecule is CCC(CO)N1CCN(C(=O)c2ccoc2)CC1. The minimum absolute atomic E-state index is 0.0282. The number of hydrogen-bond donors (Lipinski definition) is 1. The summed E-state index contributed by atoms with van der Waals surface area (Å²) in [4.78, 5) is 16.2. The topological polar surface area (TPSA) is 56.9 Å². The molecule has 1 unspecified atom stereocenters. The molecule has 1 aromatic heterocycles. The van der Waals surface area contributed by atoms with Crippen LogP contribution in [0.4, 0.5) is 0 Å². The zero-order chi connectivity index (χ0) is 13.0. The van der Waals surface area contributed by atoms with Gasteiger partial charge in [-0.25, -0.2) is 0 Å². The van der Waals surface area contributed by atoms with Gasteiger partial charge in [-0.2, -0.15) is 0 Å². The summed E-state index contributed by atoms with van der Waals surface area (Å²) in [6.07, 6.45) is 3.94. The predicted molar refractivity (Wildman–Crippen MR) is 67.3 cm³/mol. The van der Waals surface area contributed by atoms with E-state index in [9.17, 15) is 9.90 Å². The van der Waals surface area contributed by atoms with Crippen molar-refractivity contribution in [3.63, 3.8) is 0 Å². The molecule has 1 aliphatic rings. The van der Waals surface area contributed by atoms with Crippen LogP contribution in [0.3, 0.4) is 0 Å². The van der Waals surface area contributed by atoms with Gasteiger partial charge in [-0.3, -0.25) is 9.69 Å². The number of piperazine rings is 1. The van der Waals surface area contributed by atoms with Gasteiger partial charge in [0.25, 0.3) is 5.91 Å². The number of hydrogen-bond acceptors (Lipinski definition) is 4. The van der Waals surface area contributed by atoms with E-state index in [1.165, 1.54) is 12.5 Å². The number of amides is 1. The summed E-state index contributed by atoms with van der Waals surface area (Å²) in [7, 11) is 0. The summed E-state index contributed by atoms with van der Waals surface area (Å²) in [5.41, 5.74) is 0.609. The molecule has 0 aromatic carbocycles.